The quantitative estimate of drug-likeness (QED) is 0.486. The Kier molecular flexibility index (Phi) is 4.67. The Balaban J connectivity index is 1.90. The zero-order valence-electron chi connectivity index (χ0n) is 11.8. The van der Waals surface area contributed by atoms with Gasteiger partial charge in [0.15, 0.2) is 0 Å². The summed E-state index contributed by atoms with van der Waals surface area (Å²) in [6.45, 7) is 2.28. The van der Waals surface area contributed by atoms with Gasteiger partial charge in [0, 0.05) is 18.7 Å². The molecule has 0 spiro atoms. The predicted octanol–water partition coefficient (Wildman–Crippen LogP) is 2.59. The number of hydrogen-bond donors (Lipinski definition) is 2. The molecule has 21 heavy (non-hydrogen) atoms. The molecule has 0 radical (unpaired) electrons. The molecule has 0 fully saturated rings. The molecule has 2 aromatic rings. The summed E-state index contributed by atoms with van der Waals surface area (Å²) >= 11 is 0. The minimum Gasteiger partial charge on any atom is -0.372 e. The van der Waals surface area contributed by atoms with Crippen molar-refractivity contribution in [1.82, 2.24) is 5.32 Å². The fraction of sp³-hybridized carbons (Fsp3) is 0.250. The summed E-state index contributed by atoms with van der Waals surface area (Å²) in [7, 11) is 0. The second-order valence-electron chi connectivity index (χ2n) is 5.04. The van der Waals surface area contributed by atoms with Gasteiger partial charge in [-0.05, 0) is 24.5 Å². The third kappa shape index (κ3) is 4.11. The van der Waals surface area contributed by atoms with Crippen LogP contribution in [0.1, 0.15) is 18.1 Å². The normalized spacial score (nSPS) is 13.6. The van der Waals surface area contributed by atoms with Gasteiger partial charge in [-0.25, -0.2) is 0 Å². The topological polar surface area (TPSA) is 75.4 Å². The first-order chi connectivity index (χ1) is 9.99. The van der Waals surface area contributed by atoms with Crippen molar-refractivity contribution in [2.45, 2.75) is 19.1 Å². The monoisotopic (exact) mass is 286 g/mol. The molecule has 0 amide bonds. The van der Waals surface area contributed by atoms with Gasteiger partial charge in [0.2, 0.25) is 0 Å². The number of nitro benzene ring substituents is 1. The van der Waals surface area contributed by atoms with E-state index in [4.69, 9.17) is 0 Å². The molecule has 2 rings (SSSR count). The summed E-state index contributed by atoms with van der Waals surface area (Å²) in [5.41, 5.74) is 0.774. The molecule has 0 aliphatic carbocycles. The van der Waals surface area contributed by atoms with Crippen molar-refractivity contribution < 1.29 is 10.0 Å². The lowest BCUT2D eigenvalue weighted by Gasteiger charge is -2.25. The van der Waals surface area contributed by atoms with Crippen LogP contribution in [0.5, 0.6) is 0 Å². The molecule has 5 heteroatoms. The van der Waals surface area contributed by atoms with Crippen LogP contribution in [0.3, 0.4) is 0 Å². The van der Waals surface area contributed by atoms with Gasteiger partial charge < -0.3 is 5.11 Å². The summed E-state index contributed by atoms with van der Waals surface area (Å²) in [6.07, 6.45) is 0.682. The molecule has 0 aromatic heterocycles. The summed E-state index contributed by atoms with van der Waals surface area (Å²) in [4.78, 5) is 10.2. The maximum atomic E-state index is 10.6. The third-order valence-electron chi connectivity index (χ3n) is 3.37. The van der Waals surface area contributed by atoms with E-state index in [0.29, 0.717) is 13.0 Å². The van der Waals surface area contributed by atoms with Crippen LogP contribution in [0.15, 0.2) is 54.6 Å². The lowest BCUT2D eigenvalue weighted by atomic mass is 10.0. The average Bonchev–Trinajstić information content (AvgIpc) is 2.48. The predicted molar refractivity (Wildman–Crippen MR) is 80.8 cm³/mol. The SMILES string of the molecule is CC(O)(NCCc1ccc([N+](=O)[O-])cc1)c1ccccc1. The van der Waals surface area contributed by atoms with Crippen molar-refractivity contribution in [3.63, 3.8) is 0 Å². The number of rotatable bonds is 6. The lowest BCUT2D eigenvalue weighted by molar-refractivity contribution is -0.384. The van der Waals surface area contributed by atoms with E-state index in [0.717, 1.165) is 11.1 Å². The standard InChI is InChI=1S/C16H18N2O3/c1-16(19,14-5-3-2-4-6-14)17-12-11-13-7-9-15(10-8-13)18(20)21/h2-10,17,19H,11-12H2,1H3. The molecule has 2 aromatic carbocycles. The molecule has 5 nitrogen and oxygen atoms in total. The molecule has 110 valence electrons. The number of benzene rings is 2. The molecule has 0 aliphatic rings. The van der Waals surface area contributed by atoms with Gasteiger partial charge in [-0.15, -0.1) is 0 Å². The van der Waals surface area contributed by atoms with Crippen LogP contribution in [0, 0.1) is 10.1 Å². The summed E-state index contributed by atoms with van der Waals surface area (Å²) < 4.78 is 0. The molecule has 2 N–H and O–H groups in total. The Hall–Kier alpha value is -2.24. The largest absolute Gasteiger partial charge is 0.372 e. The second-order valence-corrected chi connectivity index (χ2v) is 5.04. The Morgan fingerprint density at radius 3 is 2.33 bits per heavy atom. The van der Waals surface area contributed by atoms with E-state index >= 15 is 0 Å². The van der Waals surface area contributed by atoms with Gasteiger partial charge in [0.05, 0.1) is 4.92 Å². The highest BCUT2D eigenvalue weighted by molar-refractivity contribution is 5.33. The first-order valence-electron chi connectivity index (χ1n) is 6.75. The van der Waals surface area contributed by atoms with E-state index in [9.17, 15) is 15.2 Å². The summed E-state index contributed by atoms with van der Waals surface area (Å²) in [6, 6.07) is 15.8. The molecule has 0 saturated heterocycles. The fourth-order valence-electron chi connectivity index (χ4n) is 2.10. The van der Waals surface area contributed by atoms with E-state index in [1.807, 2.05) is 30.3 Å². The molecule has 0 bridgehead atoms. The maximum Gasteiger partial charge on any atom is 0.269 e. The van der Waals surface area contributed by atoms with E-state index < -0.39 is 10.6 Å². The van der Waals surface area contributed by atoms with Crippen LogP contribution in [0.2, 0.25) is 0 Å². The number of nitrogens with one attached hydrogen (secondary N) is 1. The first-order valence-corrected chi connectivity index (χ1v) is 6.75. The highest BCUT2D eigenvalue weighted by Crippen LogP contribution is 2.17. The van der Waals surface area contributed by atoms with E-state index in [1.165, 1.54) is 12.1 Å². The van der Waals surface area contributed by atoms with Gasteiger partial charge in [0.1, 0.15) is 5.72 Å². The van der Waals surface area contributed by atoms with E-state index in [-0.39, 0.29) is 5.69 Å². The van der Waals surface area contributed by atoms with Gasteiger partial charge >= 0.3 is 0 Å². The van der Waals surface area contributed by atoms with Crippen molar-refractivity contribution in [1.29, 1.82) is 0 Å². The maximum absolute atomic E-state index is 10.6. The zero-order chi connectivity index (χ0) is 15.3. The lowest BCUT2D eigenvalue weighted by Crippen LogP contribution is -2.40. The molecule has 0 saturated carbocycles. The van der Waals surface area contributed by atoms with Crippen molar-refractivity contribution in [2.24, 2.45) is 0 Å². The Labute approximate surface area is 123 Å². The average molecular weight is 286 g/mol. The molecule has 1 unspecified atom stereocenters. The van der Waals surface area contributed by atoms with Crippen molar-refractivity contribution in [3.8, 4) is 0 Å². The Morgan fingerprint density at radius 2 is 1.76 bits per heavy atom. The zero-order valence-corrected chi connectivity index (χ0v) is 11.8. The third-order valence-corrected chi connectivity index (χ3v) is 3.37. The first kappa shape index (κ1) is 15.2. The smallest absolute Gasteiger partial charge is 0.269 e. The number of non-ortho nitro benzene ring substituents is 1. The summed E-state index contributed by atoms with van der Waals surface area (Å²) in [5, 5.41) is 24.0. The van der Waals surface area contributed by atoms with Crippen molar-refractivity contribution >= 4 is 5.69 Å². The minimum absolute atomic E-state index is 0.0861. The minimum atomic E-state index is -1.10. The van der Waals surface area contributed by atoms with Gasteiger partial charge in [-0.3, -0.25) is 15.4 Å². The van der Waals surface area contributed by atoms with Crippen LogP contribution >= 0.6 is 0 Å². The number of nitro groups is 1. The van der Waals surface area contributed by atoms with Gasteiger partial charge in [0.25, 0.3) is 5.69 Å². The van der Waals surface area contributed by atoms with Crippen LogP contribution in [-0.2, 0) is 12.1 Å². The highest BCUT2D eigenvalue weighted by Gasteiger charge is 2.21. The van der Waals surface area contributed by atoms with Crippen LogP contribution < -0.4 is 5.32 Å². The highest BCUT2D eigenvalue weighted by atomic mass is 16.6. The summed E-state index contributed by atoms with van der Waals surface area (Å²) in [5.74, 6) is 0. The molecular formula is C16H18N2O3. The van der Waals surface area contributed by atoms with Crippen LogP contribution in [0.25, 0.3) is 0 Å². The van der Waals surface area contributed by atoms with Gasteiger partial charge in [-0.1, -0.05) is 42.5 Å². The molecule has 1 atom stereocenters. The van der Waals surface area contributed by atoms with E-state index in [2.05, 4.69) is 5.32 Å². The number of hydrogen-bond acceptors (Lipinski definition) is 4. The van der Waals surface area contributed by atoms with Crippen LogP contribution in [-0.4, -0.2) is 16.6 Å². The van der Waals surface area contributed by atoms with Gasteiger partial charge in [-0.2, -0.15) is 0 Å². The molecular weight excluding hydrogens is 268 g/mol. The van der Waals surface area contributed by atoms with Crippen molar-refractivity contribution in [3.05, 3.63) is 75.8 Å². The number of aliphatic hydroxyl groups is 1. The fourth-order valence-corrected chi connectivity index (χ4v) is 2.10. The Morgan fingerprint density at radius 1 is 1.14 bits per heavy atom. The second kappa shape index (κ2) is 6.47. The number of nitrogens with zero attached hydrogens (tertiary/aromatic N) is 1. The molecule has 0 aliphatic heterocycles. The van der Waals surface area contributed by atoms with Crippen molar-refractivity contribution in [2.75, 3.05) is 6.54 Å². The van der Waals surface area contributed by atoms with E-state index in [1.54, 1.807) is 19.1 Å². The Bertz CT molecular complexity index is 595. The molecule has 0 heterocycles. The van der Waals surface area contributed by atoms with Crippen LogP contribution in [0.4, 0.5) is 5.69 Å².